The molecule has 0 spiro atoms. The Morgan fingerprint density at radius 1 is 1.43 bits per heavy atom. The van der Waals surface area contributed by atoms with Gasteiger partial charge in [0.1, 0.15) is 0 Å². The van der Waals surface area contributed by atoms with Gasteiger partial charge in [0.25, 0.3) is 0 Å². The molecule has 2 rings (SSSR count). The summed E-state index contributed by atoms with van der Waals surface area (Å²) >= 11 is 0. The van der Waals surface area contributed by atoms with Crippen LogP contribution in [0.3, 0.4) is 0 Å². The molecule has 2 nitrogen and oxygen atoms in total. The van der Waals surface area contributed by atoms with Gasteiger partial charge in [0.2, 0.25) is 0 Å². The first kappa shape index (κ1) is 9.69. The van der Waals surface area contributed by atoms with Crippen molar-refractivity contribution in [1.29, 1.82) is 0 Å². The van der Waals surface area contributed by atoms with E-state index in [0.29, 0.717) is 6.04 Å². The zero-order chi connectivity index (χ0) is 9.80. The average Bonchev–Trinajstić information content (AvgIpc) is 2.71. The molecule has 0 aromatic heterocycles. The molecule has 0 aliphatic carbocycles. The normalized spacial score (nSPS) is 21.4. The quantitative estimate of drug-likeness (QED) is 0.761. The molecule has 1 saturated heterocycles. The van der Waals surface area contributed by atoms with Crippen LogP contribution in [0.2, 0.25) is 0 Å². The van der Waals surface area contributed by atoms with Crippen LogP contribution in [0.25, 0.3) is 0 Å². The fraction of sp³-hybridized carbons (Fsp3) is 0.500. The summed E-state index contributed by atoms with van der Waals surface area (Å²) in [6, 6.07) is 9.08. The van der Waals surface area contributed by atoms with Crippen molar-refractivity contribution in [2.24, 2.45) is 0 Å². The monoisotopic (exact) mass is 191 g/mol. The van der Waals surface area contributed by atoms with Gasteiger partial charge in [0.15, 0.2) is 0 Å². The standard InChI is InChI=1S/C12H17NO/c14-8-6-10-3-1-4-11(9-10)12-5-2-7-13-12/h1,3-4,9,12-14H,2,5-8H2. The Balaban J connectivity index is 2.12. The van der Waals surface area contributed by atoms with Crippen molar-refractivity contribution >= 4 is 0 Å². The average molecular weight is 191 g/mol. The summed E-state index contributed by atoms with van der Waals surface area (Å²) in [4.78, 5) is 0. The van der Waals surface area contributed by atoms with Crippen LogP contribution in [0.15, 0.2) is 24.3 Å². The van der Waals surface area contributed by atoms with Gasteiger partial charge in [-0.25, -0.2) is 0 Å². The van der Waals surface area contributed by atoms with Crippen molar-refractivity contribution in [2.75, 3.05) is 13.2 Å². The number of nitrogens with one attached hydrogen (secondary N) is 1. The minimum Gasteiger partial charge on any atom is -0.396 e. The lowest BCUT2D eigenvalue weighted by atomic mass is 10.0. The lowest BCUT2D eigenvalue weighted by Crippen LogP contribution is -2.12. The molecule has 1 fully saturated rings. The van der Waals surface area contributed by atoms with E-state index >= 15 is 0 Å². The highest BCUT2D eigenvalue weighted by Crippen LogP contribution is 2.23. The van der Waals surface area contributed by atoms with Crippen LogP contribution in [0, 0.1) is 0 Å². The summed E-state index contributed by atoms with van der Waals surface area (Å²) in [5.74, 6) is 0. The molecule has 1 aromatic carbocycles. The first-order valence-corrected chi connectivity index (χ1v) is 5.33. The van der Waals surface area contributed by atoms with Gasteiger partial charge in [-0.05, 0) is 36.9 Å². The van der Waals surface area contributed by atoms with Crippen molar-refractivity contribution < 1.29 is 5.11 Å². The van der Waals surface area contributed by atoms with Crippen molar-refractivity contribution in [1.82, 2.24) is 5.32 Å². The molecule has 0 bridgehead atoms. The smallest absolute Gasteiger partial charge is 0.0471 e. The Kier molecular flexibility index (Phi) is 3.17. The number of aliphatic hydroxyl groups excluding tert-OH is 1. The summed E-state index contributed by atoms with van der Waals surface area (Å²) in [7, 11) is 0. The van der Waals surface area contributed by atoms with Gasteiger partial charge in [0, 0.05) is 12.6 Å². The molecule has 1 aromatic rings. The van der Waals surface area contributed by atoms with Crippen LogP contribution in [0.1, 0.15) is 30.0 Å². The van der Waals surface area contributed by atoms with E-state index < -0.39 is 0 Å². The van der Waals surface area contributed by atoms with Crippen molar-refractivity contribution in [2.45, 2.75) is 25.3 Å². The van der Waals surface area contributed by atoms with Crippen LogP contribution in [-0.2, 0) is 6.42 Å². The summed E-state index contributed by atoms with van der Waals surface area (Å²) in [6.07, 6.45) is 3.28. The molecular weight excluding hydrogens is 174 g/mol. The van der Waals surface area contributed by atoms with E-state index in [1.54, 1.807) is 0 Å². The molecule has 76 valence electrons. The number of aliphatic hydroxyl groups is 1. The fourth-order valence-electron chi connectivity index (χ4n) is 2.06. The molecule has 1 atom stereocenters. The molecule has 0 saturated carbocycles. The number of hydrogen-bond acceptors (Lipinski definition) is 2. The van der Waals surface area contributed by atoms with E-state index in [1.807, 2.05) is 0 Å². The lowest BCUT2D eigenvalue weighted by Gasteiger charge is -2.11. The highest BCUT2D eigenvalue weighted by Gasteiger charge is 2.15. The van der Waals surface area contributed by atoms with E-state index in [-0.39, 0.29) is 6.61 Å². The number of rotatable bonds is 3. The van der Waals surface area contributed by atoms with Crippen LogP contribution >= 0.6 is 0 Å². The Labute approximate surface area is 85.0 Å². The van der Waals surface area contributed by atoms with Gasteiger partial charge in [-0.15, -0.1) is 0 Å². The molecule has 1 aliphatic rings. The van der Waals surface area contributed by atoms with E-state index in [4.69, 9.17) is 5.11 Å². The van der Waals surface area contributed by atoms with Gasteiger partial charge in [-0.3, -0.25) is 0 Å². The first-order chi connectivity index (χ1) is 6.90. The lowest BCUT2D eigenvalue weighted by molar-refractivity contribution is 0.299. The van der Waals surface area contributed by atoms with Gasteiger partial charge < -0.3 is 10.4 Å². The predicted molar refractivity (Wildman–Crippen MR) is 57.2 cm³/mol. The van der Waals surface area contributed by atoms with Crippen LogP contribution < -0.4 is 5.32 Å². The first-order valence-electron chi connectivity index (χ1n) is 5.33. The summed E-state index contributed by atoms with van der Waals surface area (Å²) in [5.41, 5.74) is 2.60. The van der Waals surface area contributed by atoms with Gasteiger partial charge in [0.05, 0.1) is 0 Å². The molecule has 0 amide bonds. The van der Waals surface area contributed by atoms with Crippen molar-refractivity contribution in [3.05, 3.63) is 35.4 Å². The topological polar surface area (TPSA) is 32.3 Å². The molecular formula is C12H17NO. The van der Waals surface area contributed by atoms with Crippen LogP contribution in [0.4, 0.5) is 0 Å². The second-order valence-electron chi connectivity index (χ2n) is 3.87. The van der Waals surface area contributed by atoms with E-state index in [9.17, 15) is 0 Å². The number of benzene rings is 1. The molecule has 14 heavy (non-hydrogen) atoms. The molecule has 1 heterocycles. The van der Waals surface area contributed by atoms with Gasteiger partial charge >= 0.3 is 0 Å². The molecule has 1 unspecified atom stereocenters. The minimum atomic E-state index is 0.238. The molecule has 0 radical (unpaired) electrons. The highest BCUT2D eigenvalue weighted by atomic mass is 16.2. The molecule has 1 aliphatic heterocycles. The zero-order valence-electron chi connectivity index (χ0n) is 8.37. The third-order valence-electron chi connectivity index (χ3n) is 2.81. The maximum atomic E-state index is 8.86. The van der Waals surface area contributed by atoms with Crippen LogP contribution in [-0.4, -0.2) is 18.3 Å². The van der Waals surface area contributed by atoms with E-state index in [1.165, 1.54) is 24.0 Å². The zero-order valence-corrected chi connectivity index (χ0v) is 8.37. The van der Waals surface area contributed by atoms with E-state index in [0.717, 1.165) is 13.0 Å². The Hall–Kier alpha value is -0.860. The van der Waals surface area contributed by atoms with Crippen molar-refractivity contribution in [3.63, 3.8) is 0 Å². The second kappa shape index (κ2) is 4.58. The maximum absolute atomic E-state index is 8.86. The van der Waals surface area contributed by atoms with Gasteiger partial charge in [-0.1, -0.05) is 24.3 Å². The van der Waals surface area contributed by atoms with E-state index in [2.05, 4.69) is 29.6 Å². The fourth-order valence-corrected chi connectivity index (χ4v) is 2.06. The van der Waals surface area contributed by atoms with Crippen molar-refractivity contribution in [3.8, 4) is 0 Å². The summed E-state index contributed by atoms with van der Waals surface area (Å²) in [5, 5.41) is 12.3. The minimum absolute atomic E-state index is 0.238. The Bertz CT molecular complexity index is 292. The molecule has 2 N–H and O–H groups in total. The Morgan fingerprint density at radius 2 is 2.36 bits per heavy atom. The summed E-state index contributed by atoms with van der Waals surface area (Å²) in [6.45, 7) is 1.37. The SMILES string of the molecule is OCCc1cccc(C2CCCN2)c1. The summed E-state index contributed by atoms with van der Waals surface area (Å²) < 4.78 is 0. The predicted octanol–water partition coefficient (Wildman–Crippen LogP) is 1.65. The third-order valence-corrected chi connectivity index (χ3v) is 2.81. The van der Waals surface area contributed by atoms with Crippen LogP contribution in [0.5, 0.6) is 0 Å². The second-order valence-corrected chi connectivity index (χ2v) is 3.87. The molecule has 2 heteroatoms. The van der Waals surface area contributed by atoms with Gasteiger partial charge in [-0.2, -0.15) is 0 Å². The Morgan fingerprint density at radius 3 is 3.07 bits per heavy atom. The highest BCUT2D eigenvalue weighted by molar-refractivity contribution is 5.26. The largest absolute Gasteiger partial charge is 0.396 e. The third kappa shape index (κ3) is 2.14. The maximum Gasteiger partial charge on any atom is 0.0471 e. The number of hydrogen-bond donors (Lipinski definition) is 2.